The number of aromatic nitrogens is 3. The van der Waals surface area contributed by atoms with Crippen LogP contribution in [-0.4, -0.2) is 83.4 Å². The molecule has 0 amide bonds. The molecule has 3 aromatic rings. The lowest BCUT2D eigenvalue weighted by Crippen LogP contribution is -2.45. The van der Waals surface area contributed by atoms with E-state index in [0.29, 0.717) is 6.04 Å². The molecule has 1 aliphatic carbocycles. The minimum Gasteiger partial charge on any atom is -0.355 e. The van der Waals surface area contributed by atoms with Gasteiger partial charge in [-0.25, -0.2) is 4.98 Å². The topological polar surface area (TPSA) is 43.2 Å². The van der Waals surface area contributed by atoms with Crippen molar-refractivity contribution in [2.24, 2.45) is 0 Å². The van der Waals surface area contributed by atoms with Crippen LogP contribution >= 0.6 is 0 Å². The minimum atomic E-state index is 0.351. The van der Waals surface area contributed by atoms with Gasteiger partial charge in [-0.05, 0) is 71.2 Å². The second kappa shape index (κ2) is 9.41. The molecule has 0 spiro atoms. The summed E-state index contributed by atoms with van der Waals surface area (Å²) in [6.45, 7) is 5.99. The lowest BCUT2D eigenvalue weighted by atomic mass is 9.91. The highest BCUT2D eigenvalue weighted by molar-refractivity contribution is 5.55. The number of hydrogen-bond donors (Lipinski definition) is 0. The maximum Gasteiger partial charge on any atom is 0.138 e. The Bertz CT molecular complexity index is 1100. The number of piperazine rings is 1. The molecule has 0 radical (unpaired) electrons. The highest BCUT2D eigenvalue weighted by Gasteiger charge is 2.27. The fourth-order valence-corrected chi connectivity index (χ4v) is 5.41. The first-order chi connectivity index (χ1) is 16.0. The standard InChI is InChI=1S/C26H37N7/c1-29(2)19-23-21(18-31(4)22-10-5-8-20-9-7-13-27-26(20)22)28-24-11-6-12-25(33(23)24)32-16-14-30(3)15-17-32/h6-7,9,11-13,22H,5,8,10,14-19H2,1-4H3. The first-order valence-corrected chi connectivity index (χ1v) is 12.2. The molecule has 7 heteroatoms. The minimum absolute atomic E-state index is 0.351. The van der Waals surface area contributed by atoms with Crippen molar-refractivity contribution in [3.63, 3.8) is 0 Å². The van der Waals surface area contributed by atoms with Crippen molar-refractivity contribution in [1.29, 1.82) is 0 Å². The Hall–Kier alpha value is -2.48. The average molecular weight is 448 g/mol. The Morgan fingerprint density at radius 2 is 1.82 bits per heavy atom. The van der Waals surface area contributed by atoms with Gasteiger partial charge in [0.05, 0.1) is 23.1 Å². The third-order valence-corrected chi connectivity index (χ3v) is 7.19. The number of rotatable bonds is 6. The highest BCUT2D eigenvalue weighted by atomic mass is 15.3. The molecule has 5 rings (SSSR count). The van der Waals surface area contributed by atoms with Crippen LogP contribution in [0.5, 0.6) is 0 Å². The van der Waals surface area contributed by atoms with Crippen LogP contribution in [0.4, 0.5) is 5.82 Å². The molecule has 0 aromatic carbocycles. The van der Waals surface area contributed by atoms with E-state index in [1.54, 1.807) is 0 Å². The van der Waals surface area contributed by atoms with E-state index in [4.69, 9.17) is 9.97 Å². The summed E-state index contributed by atoms with van der Waals surface area (Å²) in [5.74, 6) is 1.27. The van der Waals surface area contributed by atoms with E-state index in [-0.39, 0.29) is 0 Å². The van der Waals surface area contributed by atoms with Crippen molar-refractivity contribution < 1.29 is 0 Å². The second-order valence-corrected chi connectivity index (χ2v) is 9.98. The number of anilines is 1. The highest BCUT2D eigenvalue weighted by Crippen LogP contribution is 2.33. The van der Waals surface area contributed by atoms with Crippen LogP contribution in [0.1, 0.15) is 41.5 Å². The summed E-state index contributed by atoms with van der Waals surface area (Å²) < 4.78 is 2.40. The Balaban J connectivity index is 1.50. The summed E-state index contributed by atoms with van der Waals surface area (Å²) in [5, 5.41) is 0. The van der Waals surface area contributed by atoms with Gasteiger partial charge in [-0.2, -0.15) is 0 Å². The van der Waals surface area contributed by atoms with E-state index >= 15 is 0 Å². The normalized spacial score (nSPS) is 19.6. The van der Waals surface area contributed by atoms with Crippen molar-refractivity contribution in [2.75, 3.05) is 59.3 Å². The summed E-state index contributed by atoms with van der Waals surface area (Å²) in [6.07, 6.45) is 5.46. The Kier molecular flexibility index (Phi) is 6.36. The van der Waals surface area contributed by atoms with Gasteiger partial charge in [0.25, 0.3) is 0 Å². The van der Waals surface area contributed by atoms with E-state index in [0.717, 1.165) is 57.8 Å². The molecule has 176 valence electrons. The van der Waals surface area contributed by atoms with Crippen LogP contribution in [0.25, 0.3) is 5.65 Å². The maximum atomic E-state index is 5.16. The molecule has 0 N–H and O–H groups in total. The van der Waals surface area contributed by atoms with Crippen molar-refractivity contribution in [3.8, 4) is 0 Å². The summed E-state index contributed by atoms with van der Waals surface area (Å²) in [4.78, 5) is 19.6. The quantitative estimate of drug-likeness (QED) is 0.579. The molecule has 1 unspecified atom stereocenters. The summed E-state index contributed by atoms with van der Waals surface area (Å²) in [5.41, 5.74) is 6.18. The predicted octanol–water partition coefficient (Wildman–Crippen LogP) is 3.05. The number of aryl methyl sites for hydroxylation is 1. The van der Waals surface area contributed by atoms with E-state index in [9.17, 15) is 0 Å². The van der Waals surface area contributed by atoms with Gasteiger partial charge in [0.15, 0.2) is 0 Å². The van der Waals surface area contributed by atoms with E-state index in [1.165, 1.54) is 34.9 Å². The Morgan fingerprint density at radius 3 is 2.61 bits per heavy atom. The number of fused-ring (bicyclic) bond motifs is 2. The number of nitrogens with zero attached hydrogens (tertiary/aromatic N) is 7. The van der Waals surface area contributed by atoms with Gasteiger partial charge in [0, 0.05) is 45.5 Å². The maximum absolute atomic E-state index is 5.16. The van der Waals surface area contributed by atoms with Crippen molar-refractivity contribution in [2.45, 2.75) is 38.4 Å². The summed E-state index contributed by atoms with van der Waals surface area (Å²) in [7, 11) is 8.73. The fourth-order valence-electron chi connectivity index (χ4n) is 5.41. The zero-order valence-electron chi connectivity index (χ0n) is 20.5. The fraction of sp³-hybridized carbons (Fsp3) is 0.538. The molecule has 4 heterocycles. The SMILES string of the molecule is CN(C)Cc1c(CN(C)C2CCCc3cccnc32)nc2cccc(N3CCN(C)CC3)n12. The zero-order valence-corrected chi connectivity index (χ0v) is 20.5. The van der Waals surface area contributed by atoms with Crippen molar-refractivity contribution in [1.82, 2.24) is 29.1 Å². The van der Waals surface area contributed by atoms with Crippen LogP contribution in [0, 0.1) is 0 Å². The van der Waals surface area contributed by atoms with Gasteiger partial charge in [-0.15, -0.1) is 0 Å². The summed E-state index contributed by atoms with van der Waals surface area (Å²) >= 11 is 0. The molecule has 2 aliphatic rings. The number of pyridine rings is 2. The van der Waals surface area contributed by atoms with Gasteiger partial charge in [0.2, 0.25) is 0 Å². The largest absolute Gasteiger partial charge is 0.355 e. The number of hydrogen-bond acceptors (Lipinski definition) is 6. The first-order valence-electron chi connectivity index (χ1n) is 12.2. The molecule has 1 fully saturated rings. The Labute approximate surface area is 197 Å². The van der Waals surface area contributed by atoms with Crippen molar-refractivity contribution in [3.05, 3.63) is 59.2 Å². The molecule has 0 saturated carbocycles. The molecule has 1 aliphatic heterocycles. The Morgan fingerprint density at radius 1 is 1.00 bits per heavy atom. The third kappa shape index (κ3) is 4.50. The van der Waals surface area contributed by atoms with Crippen LogP contribution in [0.2, 0.25) is 0 Å². The third-order valence-electron chi connectivity index (χ3n) is 7.19. The van der Waals surface area contributed by atoms with E-state index < -0.39 is 0 Å². The van der Waals surface area contributed by atoms with Gasteiger partial charge in [-0.3, -0.25) is 14.3 Å². The summed E-state index contributed by atoms with van der Waals surface area (Å²) in [6, 6.07) is 11.2. The monoisotopic (exact) mass is 447 g/mol. The van der Waals surface area contributed by atoms with E-state index in [2.05, 4.69) is 82.5 Å². The zero-order chi connectivity index (χ0) is 22.9. The molecular formula is C26H37N7. The molecule has 1 atom stereocenters. The average Bonchev–Trinajstić information content (AvgIpc) is 3.15. The van der Waals surface area contributed by atoms with Crippen molar-refractivity contribution >= 4 is 11.5 Å². The van der Waals surface area contributed by atoms with Crippen LogP contribution < -0.4 is 4.90 Å². The lowest BCUT2D eigenvalue weighted by Gasteiger charge is -2.34. The van der Waals surface area contributed by atoms with Crippen LogP contribution in [0.15, 0.2) is 36.5 Å². The van der Waals surface area contributed by atoms with Crippen LogP contribution in [-0.2, 0) is 19.5 Å². The molecule has 33 heavy (non-hydrogen) atoms. The van der Waals surface area contributed by atoms with E-state index in [1.807, 2.05) is 6.20 Å². The molecule has 7 nitrogen and oxygen atoms in total. The molecular weight excluding hydrogens is 410 g/mol. The van der Waals surface area contributed by atoms with Gasteiger partial charge in [0.1, 0.15) is 11.5 Å². The van der Waals surface area contributed by atoms with Gasteiger partial charge in [-0.1, -0.05) is 12.1 Å². The number of imidazole rings is 1. The first kappa shape index (κ1) is 22.3. The molecule has 0 bridgehead atoms. The molecule has 3 aromatic heterocycles. The van der Waals surface area contributed by atoms with Crippen LogP contribution in [0.3, 0.4) is 0 Å². The van der Waals surface area contributed by atoms with Gasteiger partial charge < -0.3 is 14.7 Å². The van der Waals surface area contributed by atoms with Gasteiger partial charge >= 0.3 is 0 Å². The second-order valence-electron chi connectivity index (χ2n) is 9.98. The smallest absolute Gasteiger partial charge is 0.138 e. The number of likely N-dealkylation sites (N-methyl/N-ethyl adjacent to an activating group) is 1. The lowest BCUT2D eigenvalue weighted by molar-refractivity contribution is 0.205. The predicted molar refractivity (Wildman–Crippen MR) is 134 cm³/mol. The molecule has 1 saturated heterocycles.